The molecule has 0 aliphatic heterocycles. The minimum Gasteiger partial charge on any atom is -0.383 e. The van der Waals surface area contributed by atoms with E-state index in [0.717, 1.165) is 29.3 Å². The third-order valence-electron chi connectivity index (χ3n) is 3.23. The number of rotatable bonds is 3. The van der Waals surface area contributed by atoms with Crippen LogP contribution in [-0.2, 0) is 6.42 Å². The van der Waals surface area contributed by atoms with E-state index < -0.39 is 0 Å². The molecule has 2 N–H and O–H groups in total. The molecule has 4 heteroatoms. The maximum absolute atomic E-state index is 5.97. The molecule has 100 valence electrons. The van der Waals surface area contributed by atoms with E-state index in [-0.39, 0.29) is 0 Å². The quantitative estimate of drug-likeness (QED) is 0.917. The van der Waals surface area contributed by atoms with Crippen LogP contribution in [0.5, 0.6) is 0 Å². The predicted molar refractivity (Wildman–Crippen MR) is 79.8 cm³/mol. The van der Waals surface area contributed by atoms with Crippen molar-refractivity contribution in [3.05, 3.63) is 41.2 Å². The molecule has 19 heavy (non-hydrogen) atoms. The Morgan fingerprint density at radius 2 is 1.95 bits per heavy atom. The van der Waals surface area contributed by atoms with Gasteiger partial charge in [-0.1, -0.05) is 19.1 Å². The Balaban J connectivity index is 2.49. The summed E-state index contributed by atoms with van der Waals surface area (Å²) in [7, 11) is 2.00. The van der Waals surface area contributed by atoms with Crippen LogP contribution < -0.4 is 10.6 Å². The molecule has 1 aromatic carbocycles. The molecule has 0 radical (unpaired) electrons. The first kappa shape index (κ1) is 13.3. The van der Waals surface area contributed by atoms with Crippen molar-refractivity contribution in [2.24, 2.45) is 0 Å². The topological polar surface area (TPSA) is 55.0 Å². The summed E-state index contributed by atoms with van der Waals surface area (Å²) in [6.45, 7) is 6.06. The average Bonchev–Trinajstić information content (AvgIpc) is 2.41. The highest BCUT2D eigenvalue weighted by molar-refractivity contribution is 5.66. The summed E-state index contributed by atoms with van der Waals surface area (Å²) in [6.07, 6.45) is 0.777. The van der Waals surface area contributed by atoms with Gasteiger partial charge in [-0.05, 0) is 31.5 Å². The van der Waals surface area contributed by atoms with Crippen LogP contribution in [0.15, 0.2) is 24.3 Å². The van der Waals surface area contributed by atoms with Crippen LogP contribution in [0.25, 0.3) is 0 Å². The van der Waals surface area contributed by atoms with Crippen LogP contribution in [0.4, 0.5) is 17.3 Å². The molecule has 0 atom stereocenters. The van der Waals surface area contributed by atoms with Crippen LogP contribution in [0, 0.1) is 13.8 Å². The molecule has 1 heterocycles. The van der Waals surface area contributed by atoms with Crippen LogP contribution in [0.2, 0.25) is 0 Å². The van der Waals surface area contributed by atoms with E-state index in [9.17, 15) is 0 Å². The van der Waals surface area contributed by atoms with Crippen molar-refractivity contribution in [2.75, 3.05) is 17.7 Å². The van der Waals surface area contributed by atoms with Crippen molar-refractivity contribution < 1.29 is 0 Å². The zero-order valence-corrected chi connectivity index (χ0v) is 11.9. The maximum atomic E-state index is 5.97. The molecule has 0 saturated carbocycles. The summed E-state index contributed by atoms with van der Waals surface area (Å²) < 4.78 is 0. The Kier molecular flexibility index (Phi) is 3.69. The van der Waals surface area contributed by atoms with Crippen LogP contribution in [-0.4, -0.2) is 17.0 Å². The number of nitrogens with zero attached hydrogens (tertiary/aromatic N) is 3. The highest BCUT2D eigenvalue weighted by atomic mass is 15.2. The summed E-state index contributed by atoms with van der Waals surface area (Å²) >= 11 is 0. The third-order valence-corrected chi connectivity index (χ3v) is 3.23. The highest BCUT2D eigenvalue weighted by Crippen LogP contribution is 2.27. The van der Waals surface area contributed by atoms with E-state index in [1.165, 1.54) is 5.56 Å². The van der Waals surface area contributed by atoms with Gasteiger partial charge in [0.2, 0.25) is 0 Å². The molecule has 4 nitrogen and oxygen atoms in total. The van der Waals surface area contributed by atoms with Gasteiger partial charge in [0.15, 0.2) is 0 Å². The summed E-state index contributed by atoms with van der Waals surface area (Å²) in [5.41, 5.74) is 9.21. The molecule has 0 unspecified atom stereocenters. The largest absolute Gasteiger partial charge is 0.383 e. The van der Waals surface area contributed by atoms with Gasteiger partial charge in [-0.25, -0.2) is 9.97 Å². The van der Waals surface area contributed by atoms with Gasteiger partial charge >= 0.3 is 0 Å². The second kappa shape index (κ2) is 5.26. The van der Waals surface area contributed by atoms with Gasteiger partial charge in [0.25, 0.3) is 0 Å². The normalized spacial score (nSPS) is 10.5. The number of benzene rings is 1. The van der Waals surface area contributed by atoms with E-state index >= 15 is 0 Å². The van der Waals surface area contributed by atoms with E-state index in [1.54, 1.807) is 0 Å². The lowest BCUT2D eigenvalue weighted by atomic mass is 10.2. The molecule has 0 amide bonds. The maximum Gasteiger partial charge on any atom is 0.141 e. The van der Waals surface area contributed by atoms with Crippen molar-refractivity contribution in [1.29, 1.82) is 0 Å². The lowest BCUT2D eigenvalue weighted by Gasteiger charge is -2.22. The van der Waals surface area contributed by atoms with Crippen molar-refractivity contribution >= 4 is 17.3 Å². The predicted octanol–water partition coefficient (Wildman–Crippen LogP) is 3.01. The fourth-order valence-corrected chi connectivity index (χ4v) is 2.01. The Morgan fingerprint density at radius 3 is 2.58 bits per heavy atom. The fraction of sp³-hybridized carbons (Fsp3) is 0.333. The summed E-state index contributed by atoms with van der Waals surface area (Å²) in [5.74, 6) is 2.20. The van der Waals surface area contributed by atoms with Gasteiger partial charge in [-0.15, -0.1) is 0 Å². The molecule has 0 saturated heterocycles. The molecular formula is C15H20N4. The third kappa shape index (κ3) is 2.67. The second-order valence-electron chi connectivity index (χ2n) is 4.73. The lowest BCUT2D eigenvalue weighted by molar-refractivity contribution is 0.920. The van der Waals surface area contributed by atoms with Gasteiger partial charge in [0, 0.05) is 24.7 Å². The molecule has 0 aliphatic rings. The Labute approximate surface area is 114 Å². The smallest absolute Gasteiger partial charge is 0.141 e. The van der Waals surface area contributed by atoms with Gasteiger partial charge in [0.05, 0.1) is 0 Å². The monoisotopic (exact) mass is 256 g/mol. The highest BCUT2D eigenvalue weighted by Gasteiger charge is 2.13. The van der Waals surface area contributed by atoms with Crippen molar-refractivity contribution in [1.82, 2.24) is 9.97 Å². The van der Waals surface area contributed by atoms with Gasteiger partial charge in [0.1, 0.15) is 17.5 Å². The number of anilines is 3. The van der Waals surface area contributed by atoms with Gasteiger partial charge in [-0.3, -0.25) is 0 Å². The molecular weight excluding hydrogens is 236 g/mol. The van der Waals surface area contributed by atoms with Crippen molar-refractivity contribution in [3.63, 3.8) is 0 Å². The Hall–Kier alpha value is -2.10. The van der Waals surface area contributed by atoms with E-state index in [0.29, 0.717) is 5.82 Å². The molecule has 2 aromatic rings. The number of nitrogens with two attached hydrogens (primary N) is 1. The van der Waals surface area contributed by atoms with Crippen LogP contribution in [0.3, 0.4) is 0 Å². The fourth-order valence-electron chi connectivity index (χ4n) is 2.01. The first-order valence-electron chi connectivity index (χ1n) is 6.46. The van der Waals surface area contributed by atoms with E-state index in [4.69, 9.17) is 5.73 Å². The summed E-state index contributed by atoms with van der Waals surface area (Å²) in [4.78, 5) is 10.9. The molecule has 0 aliphatic carbocycles. The minimum atomic E-state index is 0.557. The molecule has 0 bridgehead atoms. The molecule has 0 spiro atoms. The van der Waals surface area contributed by atoms with E-state index in [2.05, 4.69) is 40.0 Å². The summed E-state index contributed by atoms with van der Waals surface area (Å²) in [6, 6.07) is 8.32. The van der Waals surface area contributed by atoms with Crippen molar-refractivity contribution in [3.8, 4) is 0 Å². The number of aryl methyl sites for hydroxylation is 2. The standard InChI is InChI=1S/C15H20N4/c1-5-13-17-14(16)11(3)15(18-13)19(4)12-8-6-7-10(2)9-12/h6-9H,5H2,1-4H3,(H2,16,17,18). The Morgan fingerprint density at radius 1 is 1.21 bits per heavy atom. The average molecular weight is 256 g/mol. The minimum absolute atomic E-state index is 0.557. The van der Waals surface area contributed by atoms with Crippen LogP contribution in [0.1, 0.15) is 23.9 Å². The molecule has 0 fully saturated rings. The van der Waals surface area contributed by atoms with Gasteiger partial charge in [-0.2, -0.15) is 0 Å². The number of nitrogen functional groups attached to an aromatic ring is 1. The number of hydrogen-bond acceptors (Lipinski definition) is 4. The SMILES string of the molecule is CCc1nc(N)c(C)c(N(C)c2cccc(C)c2)n1. The van der Waals surface area contributed by atoms with E-state index in [1.807, 2.05) is 27.0 Å². The van der Waals surface area contributed by atoms with Crippen molar-refractivity contribution in [2.45, 2.75) is 27.2 Å². The zero-order valence-electron chi connectivity index (χ0n) is 11.9. The molecule has 1 aromatic heterocycles. The lowest BCUT2D eigenvalue weighted by Crippen LogP contribution is -2.16. The first-order valence-corrected chi connectivity index (χ1v) is 6.46. The number of aromatic nitrogens is 2. The molecule has 2 rings (SSSR count). The van der Waals surface area contributed by atoms with Gasteiger partial charge < -0.3 is 10.6 Å². The summed E-state index contributed by atoms with van der Waals surface area (Å²) in [5, 5.41) is 0. The Bertz CT molecular complexity index is 593. The van der Waals surface area contributed by atoms with Crippen LogP contribution >= 0.6 is 0 Å². The number of hydrogen-bond donors (Lipinski definition) is 1. The second-order valence-corrected chi connectivity index (χ2v) is 4.73. The zero-order chi connectivity index (χ0) is 14.0. The first-order chi connectivity index (χ1) is 9.02.